The van der Waals surface area contributed by atoms with Gasteiger partial charge in [0, 0.05) is 18.2 Å². The van der Waals surface area contributed by atoms with Crippen molar-refractivity contribution in [3.8, 4) is 5.75 Å². The molecular weight excluding hydrogens is 294 g/mol. The first-order valence-corrected chi connectivity index (χ1v) is 8.15. The molecule has 0 spiro atoms. The third kappa shape index (κ3) is 3.05. The number of aryl methyl sites for hydroxylation is 2. The van der Waals surface area contributed by atoms with E-state index in [1.54, 1.807) is 11.8 Å². The minimum atomic E-state index is -0.863. The first-order valence-electron chi connectivity index (χ1n) is 8.15. The predicted octanol–water partition coefficient (Wildman–Crippen LogP) is 2.49. The third-order valence-corrected chi connectivity index (χ3v) is 4.87. The van der Waals surface area contributed by atoms with Crippen LogP contribution in [0, 0.1) is 19.8 Å². The summed E-state index contributed by atoms with van der Waals surface area (Å²) in [6.07, 6.45) is 1.93. The van der Waals surface area contributed by atoms with Crippen LogP contribution in [-0.2, 0) is 9.59 Å². The van der Waals surface area contributed by atoms with Crippen LogP contribution in [0.25, 0.3) is 0 Å². The van der Waals surface area contributed by atoms with Crippen molar-refractivity contribution in [1.82, 2.24) is 4.90 Å². The molecule has 3 rings (SSSR count). The molecule has 1 aromatic rings. The van der Waals surface area contributed by atoms with E-state index in [4.69, 9.17) is 9.84 Å². The largest absolute Gasteiger partial charge is 0.492 e. The van der Waals surface area contributed by atoms with Gasteiger partial charge in [-0.25, -0.2) is 0 Å². The molecule has 23 heavy (non-hydrogen) atoms. The molecule has 1 heterocycles. The molecule has 1 aliphatic heterocycles. The Balaban J connectivity index is 1.83. The topological polar surface area (TPSA) is 66.8 Å². The number of hydrogen-bond donors (Lipinski definition) is 1. The Hall–Kier alpha value is -2.04. The van der Waals surface area contributed by atoms with E-state index in [-0.39, 0.29) is 24.4 Å². The third-order valence-electron chi connectivity index (χ3n) is 4.87. The molecule has 2 unspecified atom stereocenters. The molecule has 1 N–H and O–H groups in total. The fourth-order valence-corrected chi connectivity index (χ4v) is 3.06. The molecule has 1 saturated carbocycles. The average Bonchev–Trinajstić information content (AvgIpc) is 3.26. The second-order valence-corrected chi connectivity index (χ2v) is 6.80. The van der Waals surface area contributed by atoms with Crippen molar-refractivity contribution in [3.05, 3.63) is 28.8 Å². The highest BCUT2D eigenvalue weighted by Crippen LogP contribution is 2.39. The molecule has 2 aliphatic rings. The van der Waals surface area contributed by atoms with Crippen molar-refractivity contribution in [2.75, 3.05) is 13.2 Å². The first-order chi connectivity index (χ1) is 10.9. The number of carboxylic acids is 1. The number of carbonyl (C=O) groups is 2. The number of hydrogen-bond acceptors (Lipinski definition) is 3. The molecule has 5 heteroatoms. The highest BCUT2D eigenvalue weighted by atomic mass is 16.5. The Bertz CT molecular complexity index is 651. The standard InChI is InChI=1S/C18H23NO4/c1-10-6-14-15(9-23-16(14)7-11(10)2)17(20)19(13-4-5-13)8-12(3)18(21)22/h6-7,12-13,15H,4-5,8-9H2,1-3H3,(H,21,22). The zero-order valence-corrected chi connectivity index (χ0v) is 13.8. The molecule has 0 bridgehead atoms. The van der Waals surface area contributed by atoms with E-state index in [0.717, 1.165) is 35.3 Å². The van der Waals surface area contributed by atoms with Gasteiger partial charge in [-0.15, -0.1) is 0 Å². The van der Waals surface area contributed by atoms with E-state index < -0.39 is 11.9 Å². The SMILES string of the molecule is Cc1cc2c(cc1C)C(C(=O)N(CC(C)C(=O)O)C1CC1)CO2. The number of ether oxygens (including phenoxy) is 1. The van der Waals surface area contributed by atoms with Gasteiger partial charge in [-0.05, 0) is 43.9 Å². The number of rotatable bonds is 5. The maximum absolute atomic E-state index is 13.0. The molecule has 5 nitrogen and oxygen atoms in total. The summed E-state index contributed by atoms with van der Waals surface area (Å²) in [6.45, 7) is 6.33. The van der Waals surface area contributed by atoms with Gasteiger partial charge in [0.2, 0.25) is 5.91 Å². The molecular formula is C18H23NO4. The second-order valence-electron chi connectivity index (χ2n) is 6.80. The van der Waals surface area contributed by atoms with Crippen LogP contribution in [-0.4, -0.2) is 41.1 Å². The van der Waals surface area contributed by atoms with Crippen LogP contribution in [0.5, 0.6) is 5.75 Å². The fraction of sp³-hybridized carbons (Fsp3) is 0.556. The summed E-state index contributed by atoms with van der Waals surface area (Å²) in [5, 5.41) is 9.14. The molecule has 1 aromatic carbocycles. The minimum Gasteiger partial charge on any atom is -0.492 e. The number of nitrogens with zero attached hydrogens (tertiary/aromatic N) is 1. The van der Waals surface area contributed by atoms with Gasteiger partial charge in [0.1, 0.15) is 18.3 Å². The lowest BCUT2D eigenvalue weighted by Gasteiger charge is -2.27. The van der Waals surface area contributed by atoms with Crippen LogP contribution in [0.1, 0.15) is 42.4 Å². The lowest BCUT2D eigenvalue weighted by molar-refractivity contribution is -0.143. The number of carboxylic acid groups (broad SMARTS) is 1. The lowest BCUT2D eigenvalue weighted by atomic mass is 9.95. The van der Waals surface area contributed by atoms with Crippen molar-refractivity contribution in [2.24, 2.45) is 5.92 Å². The van der Waals surface area contributed by atoms with Crippen LogP contribution in [0.3, 0.4) is 0 Å². The molecule has 1 aliphatic carbocycles. The molecule has 1 amide bonds. The van der Waals surface area contributed by atoms with Crippen LogP contribution < -0.4 is 4.74 Å². The maximum Gasteiger partial charge on any atom is 0.308 e. The second kappa shape index (κ2) is 5.87. The molecule has 1 fully saturated rings. The Labute approximate surface area is 136 Å². The first kappa shape index (κ1) is 15.8. The van der Waals surface area contributed by atoms with Crippen LogP contribution in [0.15, 0.2) is 12.1 Å². The quantitative estimate of drug-likeness (QED) is 0.906. The van der Waals surface area contributed by atoms with Crippen LogP contribution in [0.4, 0.5) is 0 Å². The fourth-order valence-electron chi connectivity index (χ4n) is 3.06. The molecule has 0 radical (unpaired) electrons. The summed E-state index contributed by atoms with van der Waals surface area (Å²) in [6, 6.07) is 4.21. The Morgan fingerprint density at radius 2 is 1.96 bits per heavy atom. The normalized spacial score (nSPS) is 20.6. The van der Waals surface area contributed by atoms with Crippen molar-refractivity contribution < 1.29 is 19.4 Å². The van der Waals surface area contributed by atoms with Gasteiger partial charge in [0.25, 0.3) is 0 Å². The van der Waals surface area contributed by atoms with E-state index >= 15 is 0 Å². The highest BCUT2D eigenvalue weighted by molar-refractivity contribution is 5.86. The van der Waals surface area contributed by atoms with Crippen molar-refractivity contribution in [2.45, 2.75) is 45.6 Å². The zero-order valence-electron chi connectivity index (χ0n) is 13.8. The zero-order chi connectivity index (χ0) is 16.7. The summed E-state index contributed by atoms with van der Waals surface area (Å²) in [5.74, 6) is -0.943. The molecule has 2 atom stereocenters. The molecule has 124 valence electrons. The Kier molecular flexibility index (Phi) is 4.04. The average molecular weight is 317 g/mol. The Morgan fingerprint density at radius 3 is 2.57 bits per heavy atom. The number of carbonyl (C=O) groups excluding carboxylic acids is 1. The summed E-state index contributed by atoms with van der Waals surface area (Å²) < 4.78 is 5.71. The molecule has 0 aromatic heterocycles. The van der Waals surface area contributed by atoms with E-state index in [9.17, 15) is 9.59 Å². The number of aliphatic carboxylic acids is 1. The Morgan fingerprint density at radius 1 is 1.30 bits per heavy atom. The maximum atomic E-state index is 13.0. The number of fused-ring (bicyclic) bond motifs is 1. The van der Waals surface area contributed by atoms with E-state index in [1.807, 2.05) is 26.0 Å². The van der Waals surface area contributed by atoms with Gasteiger partial charge in [-0.3, -0.25) is 9.59 Å². The number of amides is 1. The van der Waals surface area contributed by atoms with Gasteiger partial charge in [-0.1, -0.05) is 13.0 Å². The van der Waals surface area contributed by atoms with E-state index in [1.165, 1.54) is 0 Å². The predicted molar refractivity (Wildman–Crippen MR) is 85.7 cm³/mol. The number of benzene rings is 1. The summed E-state index contributed by atoms with van der Waals surface area (Å²) in [4.78, 5) is 25.9. The summed E-state index contributed by atoms with van der Waals surface area (Å²) in [7, 11) is 0. The highest BCUT2D eigenvalue weighted by Gasteiger charge is 2.40. The van der Waals surface area contributed by atoms with Crippen molar-refractivity contribution in [1.29, 1.82) is 0 Å². The van der Waals surface area contributed by atoms with Gasteiger partial charge in [0.15, 0.2) is 0 Å². The molecule has 0 saturated heterocycles. The van der Waals surface area contributed by atoms with Crippen LogP contribution in [0.2, 0.25) is 0 Å². The van der Waals surface area contributed by atoms with Crippen molar-refractivity contribution in [3.63, 3.8) is 0 Å². The van der Waals surface area contributed by atoms with Gasteiger partial charge in [0.05, 0.1) is 5.92 Å². The lowest BCUT2D eigenvalue weighted by Crippen LogP contribution is -2.41. The summed E-state index contributed by atoms with van der Waals surface area (Å²) in [5.41, 5.74) is 3.23. The summed E-state index contributed by atoms with van der Waals surface area (Å²) >= 11 is 0. The van der Waals surface area contributed by atoms with Crippen LogP contribution >= 0.6 is 0 Å². The van der Waals surface area contributed by atoms with E-state index in [0.29, 0.717) is 6.61 Å². The minimum absolute atomic E-state index is 0.00241. The van der Waals surface area contributed by atoms with E-state index in [2.05, 4.69) is 0 Å². The van der Waals surface area contributed by atoms with Gasteiger partial charge in [-0.2, -0.15) is 0 Å². The van der Waals surface area contributed by atoms with Crippen molar-refractivity contribution >= 4 is 11.9 Å². The monoisotopic (exact) mass is 317 g/mol. The van der Waals surface area contributed by atoms with Gasteiger partial charge < -0.3 is 14.7 Å². The smallest absolute Gasteiger partial charge is 0.308 e. The van der Waals surface area contributed by atoms with Gasteiger partial charge >= 0.3 is 5.97 Å².